The van der Waals surface area contributed by atoms with Crippen molar-refractivity contribution in [3.63, 3.8) is 0 Å². The molecule has 1 aromatic heterocycles. The van der Waals surface area contributed by atoms with Gasteiger partial charge in [-0.2, -0.15) is 0 Å². The fourth-order valence-electron chi connectivity index (χ4n) is 1.44. The van der Waals surface area contributed by atoms with E-state index in [1.807, 2.05) is 0 Å². The summed E-state index contributed by atoms with van der Waals surface area (Å²) < 4.78 is 10.4. The highest BCUT2D eigenvalue weighted by molar-refractivity contribution is 5.80. The third-order valence-electron chi connectivity index (χ3n) is 2.56. The van der Waals surface area contributed by atoms with Crippen molar-refractivity contribution in [2.45, 2.75) is 32.9 Å². The number of ether oxygens (including phenoxy) is 1. The Balaban J connectivity index is 2.42. The highest BCUT2D eigenvalue weighted by Crippen LogP contribution is 2.10. The molecule has 1 rings (SSSR count). The van der Waals surface area contributed by atoms with E-state index in [9.17, 15) is 4.79 Å². The lowest BCUT2D eigenvalue weighted by molar-refractivity contribution is -0.119. The molecule has 1 amide bonds. The van der Waals surface area contributed by atoms with Crippen LogP contribution in [-0.4, -0.2) is 55.5 Å². The van der Waals surface area contributed by atoms with E-state index in [-0.39, 0.29) is 18.0 Å². The largest absolute Gasteiger partial charge is 0.407 e. The van der Waals surface area contributed by atoms with Crippen molar-refractivity contribution >= 4 is 11.9 Å². The SMILES string of the molecule is COCCNC(=O)CN(C)c1nnc(CNC(C)(C)C)o1. The zero-order valence-corrected chi connectivity index (χ0v) is 13.4. The zero-order valence-electron chi connectivity index (χ0n) is 13.4. The Kier molecular flexibility index (Phi) is 6.57. The van der Waals surface area contributed by atoms with Gasteiger partial charge in [-0.3, -0.25) is 4.79 Å². The molecule has 8 heteroatoms. The Morgan fingerprint density at radius 3 is 2.71 bits per heavy atom. The van der Waals surface area contributed by atoms with Crippen LogP contribution in [0.2, 0.25) is 0 Å². The van der Waals surface area contributed by atoms with E-state index in [0.717, 1.165) is 0 Å². The first kappa shape index (κ1) is 17.4. The van der Waals surface area contributed by atoms with Crippen molar-refractivity contribution in [3.8, 4) is 0 Å². The molecule has 0 aliphatic rings. The van der Waals surface area contributed by atoms with Crippen LogP contribution in [0.25, 0.3) is 0 Å². The summed E-state index contributed by atoms with van der Waals surface area (Å²) in [4.78, 5) is 13.3. The molecule has 0 aliphatic carbocycles. The zero-order chi connectivity index (χ0) is 15.9. The lowest BCUT2D eigenvalue weighted by Crippen LogP contribution is -2.36. The van der Waals surface area contributed by atoms with E-state index in [1.54, 1.807) is 19.1 Å². The summed E-state index contributed by atoms with van der Waals surface area (Å²) in [6.45, 7) is 7.77. The van der Waals surface area contributed by atoms with E-state index < -0.39 is 0 Å². The minimum Gasteiger partial charge on any atom is -0.407 e. The van der Waals surface area contributed by atoms with Crippen LogP contribution in [0.4, 0.5) is 6.01 Å². The number of hydrogen-bond acceptors (Lipinski definition) is 7. The Labute approximate surface area is 125 Å². The van der Waals surface area contributed by atoms with Crippen LogP contribution >= 0.6 is 0 Å². The van der Waals surface area contributed by atoms with E-state index in [2.05, 4.69) is 41.6 Å². The van der Waals surface area contributed by atoms with E-state index in [1.165, 1.54) is 0 Å². The van der Waals surface area contributed by atoms with Crippen LogP contribution in [0, 0.1) is 0 Å². The number of carbonyl (C=O) groups is 1. The minimum absolute atomic E-state index is 0.0260. The van der Waals surface area contributed by atoms with Crippen LogP contribution < -0.4 is 15.5 Å². The number of likely N-dealkylation sites (N-methyl/N-ethyl adjacent to an activating group) is 1. The fraction of sp³-hybridized carbons (Fsp3) is 0.769. The Hall–Kier alpha value is -1.67. The standard InChI is InChI=1S/C13H25N5O3/c1-13(2,3)15-8-11-16-17-12(21-11)18(4)9-10(19)14-6-7-20-5/h15H,6-9H2,1-5H3,(H,14,19). The van der Waals surface area contributed by atoms with Crippen molar-refractivity contribution in [3.05, 3.63) is 5.89 Å². The Morgan fingerprint density at radius 2 is 2.10 bits per heavy atom. The summed E-state index contributed by atoms with van der Waals surface area (Å²) in [7, 11) is 3.31. The molecule has 0 atom stereocenters. The van der Waals surface area contributed by atoms with Crippen molar-refractivity contribution in [1.82, 2.24) is 20.8 Å². The van der Waals surface area contributed by atoms with Gasteiger partial charge in [0.1, 0.15) is 6.54 Å². The minimum atomic E-state index is -0.123. The summed E-state index contributed by atoms with van der Waals surface area (Å²) in [5, 5.41) is 13.9. The fourth-order valence-corrected chi connectivity index (χ4v) is 1.44. The molecule has 0 unspecified atom stereocenters. The summed E-state index contributed by atoms with van der Waals surface area (Å²) in [5.41, 5.74) is -0.0260. The van der Waals surface area contributed by atoms with Crippen molar-refractivity contribution in [1.29, 1.82) is 0 Å². The number of anilines is 1. The maximum Gasteiger partial charge on any atom is 0.318 e. The number of carbonyl (C=O) groups excluding carboxylic acids is 1. The predicted molar refractivity (Wildman–Crippen MR) is 79.0 cm³/mol. The third kappa shape index (κ3) is 7.05. The first-order valence-corrected chi connectivity index (χ1v) is 6.86. The van der Waals surface area contributed by atoms with Crippen LogP contribution in [0.15, 0.2) is 4.42 Å². The first-order valence-electron chi connectivity index (χ1n) is 6.86. The Bertz CT molecular complexity index is 441. The lowest BCUT2D eigenvalue weighted by Gasteiger charge is -2.18. The molecule has 0 fully saturated rings. The smallest absolute Gasteiger partial charge is 0.318 e. The summed E-state index contributed by atoms with van der Waals surface area (Å²) in [6, 6.07) is 0.322. The van der Waals surface area contributed by atoms with Crippen LogP contribution in [0.5, 0.6) is 0 Å². The molecule has 1 heterocycles. The van der Waals surface area contributed by atoms with Crippen LogP contribution in [0.1, 0.15) is 26.7 Å². The maximum absolute atomic E-state index is 11.7. The highest BCUT2D eigenvalue weighted by atomic mass is 16.5. The normalized spacial score (nSPS) is 11.5. The van der Waals surface area contributed by atoms with Crippen LogP contribution in [0.3, 0.4) is 0 Å². The van der Waals surface area contributed by atoms with Gasteiger partial charge < -0.3 is 24.7 Å². The predicted octanol–water partition coefficient (Wildman–Crippen LogP) is 0.157. The second-order valence-corrected chi connectivity index (χ2v) is 5.78. The van der Waals surface area contributed by atoms with Gasteiger partial charge in [0.2, 0.25) is 11.8 Å². The molecule has 21 heavy (non-hydrogen) atoms. The second kappa shape index (κ2) is 7.94. The molecule has 0 aliphatic heterocycles. The number of nitrogens with zero attached hydrogens (tertiary/aromatic N) is 3. The lowest BCUT2D eigenvalue weighted by atomic mass is 10.1. The number of methoxy groups -OCH3 is 1. The Morgan fingerprint density at radius 1 is 1.38 bits per heavy atom. The van der Waals surface area contributed by atoms with Gasteiger partial charge in [0.15, 0.2) is 0 Å². The molecular formula is C13H25N5O3. The third-order valence-corrected chi connectivity index (χ3v) is 2.56. The molecular weight excluding hydrogens is 274 g/mol. The molecule has 120 valence electrons. The summed E-state index contributed by atoms with van der Waals surface area (Å²) in [5.74, 6) is 0.369. The van der Waals surface area contributed by atoms with Gasteiger partial charge in [-0.1, -0.05) is 5.10 Å². The van der Waals surface area contributed by atoms with E-state index in [0.29, 0.717) is 31.6 Å². The second-order valence-electron chi connectivity index (χ2n) is 5.78. The van der Waals surface area contributed by atoms with Gasteiger partial charge >= 0.3 is 6.01 Å². The number of amides is 1. The van der Waals surface area contributed by atoms with Gasteiger partial charge in [-0.05, 0) is 20.8 Å². The van der Waals surface area contributed by atoms with E-state index in [4.69, 9.17) is 9.15 Å². The van der Waals surface area contributed by atoms with Gasteiger partial charge in [-0.25, -0.2) is 0 Å². The number of rotatable bonds is 8. The maximum atomic E-state index is 11.7. The number of aromatic nitrogens is 2. The van der Waals surface area contributed by atoms with Crippen molar-refractivity contribution in [2.24, 2.45) is 0 Å². The highest BCUT2D eigenvalue weighted by Gasteiger charge is 2.15. The number of nitrogens with one attached hydrogen (secondary N) is 2. The molecule has 2 N–H and O–H groups in total. The number of hydrogen-bond donors (Lipinski definition) is 2. The summed E-state index contributed by atoms with van der Waals surface area (Å²) in [6.07, 6.45) is 0. The average Bonchev–Trinajstić information content (AvgIpc) is 2.84. The van der Waals surface area contributed by atoms with E-state index >= 15 is 0 Å². The molecule has 0 bridgehead atoms. The van der Waals surface area contributed by atoms with Gasteiger partial charge in [0, 0.05) is 26.2 Å². The van der Waals surface area contributed by atoms with Crippen molar-refractivity contribution < 1.29 is 13.9 Å². The molecule has 0 saturated carbocycles. The van der Waals surface area contributed by atoms with Crippen LogP contribution in [-0.2, 0) is 16.1 Å². The monoisotopic (exact) mass is 299 g/mol. The average molecular weight is 299 g/mol. The topological polar surface area (TPSA) is 92.5 Å². The van der Waals surface area contributed by atoms with Gasteiger partial charge in [-0.15, -0.1) is 5.10 Å². The first-order chi connectivity index (χ1) is 9.81. The molecule has 0 aromatic carbocycles. The van der Waals surface area contributed by atoms with Gasteiger partial charge in [0.05, 0.1) is 13.2 Å². The van der Waals surface area contributed by atoms with Crippen molar-refractivity contribution in [2.75, 3.05) is 38.8 Å². The quantitative estimate of drug-likeness (QED) is 0.660. The molecule has 0 saturated heterocycles. The summed E-state index contributed by atoms with van der Waals surface area (Å²) >= 11 is 0. The van der Waals surface area contributed by atoms with Gasteiger partial charge in [0.25, 0.3) is 0 Å². The molecule has 0 spiro atoms. The molecule has 8 nitrogen and oxygen atoms in total. The molecule has 1 aromatic rings. The molecule has 0 radical (unpaired) electrons.